The third kappa shape index (κ3) is 6.02. The summed E-state index contributed by atoms with van der Waals surface area (Å²) < 4.78 is 0. The number of hydroxylamine groups is 4. The summed E-state index contributed by atoms with van der Waals surface area (Å²) in [5, 5.41) is 24.2. The molecule has 0 amide bonds. The first-order valence-corrected chi connectivity index (χ1v) is 13.7. The van der Waals surface area contributed by atoms with E-state index in [9.17, 15) is 29.4 Å². The van der Waals surface area contributed by atoms with Gasteiger partial charge in [-0.05, 0) is 110 Å². The normalized spacial score (nSPS) is 22.9. The number of hydrogen-bond acceptors (Lipinski definition) is 8. The van der Waals surface area contributed by atoms with E-state index in [-0.39, 0.29) is 17.0 Å². The highest BCUT2D eigenvalue weighted by molar-refractivity contribution is 5.98. The Bertz CT molecular complexity index is 1180. The lowest BCUT2D eigenvalue weighted by atomic mass is 9.67. The molecule has 10 heteroatoms. The lowest BCUT2D eigenvalue weighted by Gasteiger charge is -2.54. The maximum atomic E-state index is 13.0. The van der Waals surface area contributed by atoms with Gasteiger partial charge in [0.2, 0.25) is 0 Å². The second-order valence-electron chi connectivity index (χ2n) is 13.8. The van der Waals surface area contributed by atoms with Crippen LogP contribution < -0.4 is 0 Å². The summed E-state index contributed by atoms with van der Waals surface area (Å²) in [5.41, 5.74) is -1.74. The molecule has 2 fully saturated rings. The Kier molecular flexibility index (Phi) is 8.24. The first-order valence-electron chi connectivity index (χ1n) is 13.7. The standard InChI is InChI=1S/C30H44N2O8/c1-17(33)39-31-27(3,4)13-19(14-28(31,5)6)21-11-12-22(25(35)36)23(24(21)26(37)38)20-15-29(7,8)32(40-18(2)34)30(9,10)16-20/h11-12,19-20H,13-16H2,1-10H3,(H,35,36)(H,37,38). The largest absolute Gasteiger partial charge is 0.478 e. The van der Waals surface area contributed by atoms with E-state index in [0.717, 1.165) is 0 Å². The molecule has 0 aromatic heterocycles. The van der Waals surface area contributed by atoms with E-state index in [0.29, 0.717) is 36.8 Å². The zero-order chi connectivity index (χ0) is 30.6. The van der Waals surface area contributed by atoms with Gasteiger partial charge in [0.1, 0.15) is 0 Å². The number of aromatic carboxylic acids is 2. The highest BCUT2D eigenvalue weighted by Gasteiger charge is 2.51. The molecule has 222 valence electrons. The van der Waals surface area contributed by atoms with Gasteiger partial charge in [-0.3, -0.25) is 9.59 Å². The molecule has 1 aromatic rings. The molecule has 40 heavy (non-hydrogen) atoms. The summed E-state index contributed by atoms with van der Waals surface area (Å²) in [6, 6.07) is 3.16. The first kappa shape index (κ1) is 31.5. The van der Waals surface area contributed by atoms with Gasteiger partial charge in [0, 0.05) is 13.8 Å². The van der Waals surface area contributed by atoms with Crippen LogP contribution in [0.2, 0.25) is 0 Å². The first-order chi connectivity index (χ1) is 18.1. The van der Waals surface area contributed by atoms with Crippen LogP contribution in [0.1, 0.15) is 139 Å². The van der Waals surface area contributed by atoms with E-state index in [2.05, 4.69) is 0 Å². The number of hydrogen-bond donors (Lipinski definition) is 2. The molecule has 2 aliphatic heterocycles. The number of carbonyl (C=O) groups excluding carboxylic acids is 2. The maximum Gasteiger partial charge on any atom is 0.336 e. The van der Waals surface area contributed by atoms with Gasteiger partial charge >= 0.3 is 23.9 Å². The average Bonchev–Trinajstić information content (AvgIpc) is 2.76. The molecule has 1 aromatic carbocycles. The quantitative estimate of drug-likeness (QED) is 0.458. The van der Waals surface area contributed by atoms with Crippen LogP contribution in [-0.2, 0) is 19.3 Å². The summed E-state index contributed by atoms with van der Waals surface area (Å²) >= 11 is 0. The molecular weight excluding hydrogens is 516 g/mol. The van der Waals surface area contributed by atoms with Crippen LogP contribution in [0.3, 0.4) is 0 Å². The Labute approximate surface area is 236 Å². The summed E-state index contributed by atoms with van der Waals surface area (Å²) in [6.07, 6.45) is 1.76. The molecule has 3 rings (SSSR count). The number of carboxylic acid groups (broad SMARTS) is 2. The van der Waals surface area contributed by atoms with Gasteiger partial charge in [-0.15, -0.1) is 10.1 Å². The van der Waals surface area contributed by atoms with Crippen molar-refractivity contribution >= 4 is 23.9 Å². The topological polar surface area (TPSA) is 134 Å². The SMILES string of the molecule is CC(=O)ON1C(C)(C)CC(c2ccc(C(=O)O)c(C3CC(C)(C)N(OC(C)=O)C(C)(C)C3)c2C(=O)O)CC1(C)C. The number of benzene rings is 1. The molecule has 2 aliphatic rings. The third-order valence-corrected chi connectivity index (χ3v) is 8.19. The highest BCUT2D eigenvalue weighted by atomic mass is 16.7. The van der Waals surface area contributed by atoms with Gasteiger partial charge in [0.15, 0.2) is 0 Å². The van der Waals surface area contributed by atoms with Crippen molar-refractivity contribution in [2.75, 3.05) is 0 Å². The second-order valence-corrected chi connectivity index (χ2v) is 13.8. The second kappa shape index (κ2) is 10.4. The molecule has 0 atom stereocenters. The predicted molar refractivity (Wildman–Crippen MR) is 148 cm³/mol. The van der Waals surface area contributed by atoms with E-state index in [1.807, 2.05) is 55.4 Å². The van der Waals surface area contributed by atoms with Crippen molar-refractivity contribution in [1.82, 2.24) is 10.1 Å². The minimum Gasteiger partial charge on any atom is -0.478 e. The zero-order valence-corrected chi connectivity index (χ0v) is 25.4. The van der Waals surface area contributed by atoms with Crippen molar-refractivity contribution in [2.45, 2.75) is 129 Å². The molecule has 2 N–H and O–H groups in total. The van der Waals surface area contributed by atoms with Crippen molar-refractivity contribution in [2.24, 2.45) is 0 Å². The molecule has 0 radical (unpaired) electrons. The summed E-state index contributed by atoms with van der Waals surface area (Å²) in [5.74, 6) is -3.90. The summed E-state index contributed by atoms with van der Waals surface area (Å²) in [6.45, 7) is 18.1. The fraction of sp³-hybridized carbons (Fsp3) is 0.667. The molecule has 0 saturated carbocycles. The van der Waals surface area contributed by atoms with Gasteiger partial charge in [0.25, 0.3) is 0 Å². The van der Waals surface area contributed by atoms with Crippen LogP contribution in [0.4, 0.5) is 0 Å². The molecular formula is C30H44N2O8. The number of piperidine rings is 2. The molecule has 2 saturated heterocycles. The minimum absolute atomic E-state index is 0.0231. The Hall–Kier alpha value is -2.98. The van der Waals surface area contributed by atoms with Crippen LogP contribution in [0.25, 0.3) is 0 Å². The van der Waals surface area contributed by atoms with E-state index in [1.165, 1.54) is 19.9 Å². The van der Waals surface area contributed by atoms with Crippen molar-refractivity contribution in [1.29, 1.82) is 0 Å². The van der Waals surface area contributed by atoms with Crippen molar-refractivity contribution in [3.05, 3.63) is 34.4 Å². The van der Waals surface area contributed by atoms with E-state index < -0.39 is 52.0 Å². The molecule has 10 nitrogen and oxygen atoms in total. The highest BCUT2D eigenvalue weighted by Crippen LogP contribution is 2.51. The number of rotatable bonds is 6. The van der Waals surface area contributed by atoms with Gasteiger partial charge in [-0.25, -0.2) is 9.59 Å². The van der Waals surface area contributed by atoms with Crippen molar-refractivity contribution in [3.8, 4) is 0 Å². The Morgan fingerprint density at radius 1 is 0.675 bits per heavy atom. The van der Waals surface area contributed by atoms with Crippen LogP contribution in [0, 0.1) is 0 Å². The van der Waals surface area contributed by atoms with Crippen molar-refractivity contribution < 1.29 is 39.1 Å². The van der Waals surface area contributed by atoms with Crippen LogP contribution >= 0.6 is 0 Å². The molecule has 0 bridgehead atoms. The average molecular weight is 561 g/mol. The Balaban J connectivity index is 2.19. The summed E-state index contributed by atoms with van der Waals surface area (Å²) in [4.78, 5) is 60.4. The van der Waals surface area contributed by atoms with Gasteiger partial charge < -0.3 is 19.9 Å². The fourth-order valence-corrected chi connectivity index (χ4v) is 7.53. The van der Waals surface area contributed by atoms with Gasteiger partial charge in [0.05, 0.1) is 33.3 Å². The number of carbonyl (C=O) groups is 4. The van der Waals surface area contributed by atoms with E-state index in [4.69, 9.17) is 9.68 Å². The van der Waals surface area contributed by atoms with Crippen LogP contribution in [0.15, 0.2) is 12.1 Å². The van der Waals surface area contributed by atoms with Gasteiger partial charge in [-0.1, -0.05) is 6.07 Å². The minimum atomic E-state index is -1.19. The lowest BCUT2D eigenvalue weighted by Crippen LogP contribution is -2.60. The zero-order valence-electron chi connectivity index (χ0n) is 25.4. The molecule has 2 heterocycles. The van der Waals surface area contributed by atoms with E-state index in [1.54, 1.807) is 16.2 Å². The predicted octanol–water partition coefficient (Wildman–Crippen LogP) is 5.51. The van der Waals surface area contributed by atoms with Crippen LogP contribution in [0.5, 0.6) is 0 Å². The molecule has 0 spiro atoms. The number of carboxylic acids is 2. The fourth-order valence-electron chi connectivity index (χ4n) is 7.53. The summed E-state index contributed by atoms with van der Waals surface area (Å²) in [7, 11) is 0. The molecule has 0 aliphatic carbocycles. The monoisotopic (exact) mass is 560 g/mol. The maximum absolute atomic E-state index is 13.0. The van der Waals surface area contributed by atoms with Gasteiger partial charge in [-0.2, -0.15) is 0 Å². The molecule has 0 unspecified atom stereocenters. The smallest absolute Gasteiger partial charge is 0.336 e. The Morgan fingerprint density at radius 2 is 1.05 bits per heavy atom. The number of nitrogens with zero attached hydrogens (tertiary/aromatic N) is 2. The third-order valence-electron chi connectivity index (χ3n) is 8.19. The van der Waals surface area contributed by atoms with E-state index >= 15 is 0 Å². The van der Waals surface area contributed by atoms with Crippen molar-refractivity contribution in [3.63, 3.8) is 0 Å². The Morgan fingerprint density at radius 3 is 1.38 bits per heavy atom. The van der Waals surface area contributed by atoms with Crippen LogP contribution in [-0.4, -0.2) is 66.4 Å². The lowest BCUT2D eigenvalue weighted by molar-refractivity contribution is -0.266.